The van der Waals surface area contributed by atoms with E-state index in [1.807, 2.05) is 13.8 Å². The van der Waals surface area contributed by atoms with Crippen molar-refractivity contribution in [3.63, 3.8) is 0 Å². The van der Waals surface area contributed by atoms with Crippen molar-refractivity contribution in [3.8, 4) is 11.3 Å². The normalized spacial score (nSPS) is 11.1. The highest BCUT2D eigenvalue weighted by molar-refractivity contribution is 5.67. The van der Waals surface area contributed by atoms with E-state index in [1.165, 1.54) is 12.1 Å². The number of hydrogen-bond acceptors (Lipinski definition) is 3. The Labute approximate surface area is 97.2 Å². The third-order valence-corrected chi connectivity index (χ3v) is 2.53. The zero-order valence-corrected chi connectivity index (χ0v) is 9.50. The van der Waals surface area contributed by atoms with Gasteiger partial charge in [-0.15, -0.1) is 0 Å². The van der Waals surface area contributed by atoms with Gasteiger partial charge in [-0.1, -0.05) is 25.1 Å². The summed E-state index contributed by atoms with van der Waals surface area (Å²) in [5, 5.41) is 3.60. The maximum absolute atomic E-state index is 13.6. The maximum Gasteiger partial charge on any atom is 0.175 e. The van der Waals surface area contributed by atoms with E-state index >= 15 is 0 Å². The van der Waals surface area contributed by atoms with Crippen LogP contribution in [0, 0.1) is 11.6 Å². The van der Waals surface area contributed by atoms with Crippen molar-refractivity contribution in [3.05, 3.63) is 35.4 Å². The second-order valence-electron chi connectivity index (χ2n) is 4.07. The molecule has 2 N–H and O–H groups in total. The van der Waals surface area contributed by atoms with Crippen LogP contribution in [0.1, 0.15) is 25.3 Å². The molecular formula is C12H12F2N2O. The Kier molecular flexibility index (Phi) is 2.83. The van der Waals surface area contributed by atoms with Gasteiger partial charge in [0.15, 0.2) is 23.2 Å². The van der Waals surface area contributed by atoms with Crippen LogP contribution in [0.25, 0.3) is 11.3 Å². The molecule has 0 unspecified atom stereocenters. The van der Waals surface area contributed by atoms with E-state index in [2.05, 4.69) is 5.16 Å². The lowest BCUT2D eigenvalue weighted by atomic mass is 9.99. The number of aromatic nitrogens is 1. The molecule has 17 heavy (non-hydrogen) atoms. The summed E-state index contributed by atoms with van der Waals surface area (Å²) in [5.74, 6) is -1.47. The number of nitrogens with zero attached hydrogens (tertiary/aromatic N) is 1. The Morgan fingerprint density at radius 1 is 1.29 bits per heavy atom. The van der Waals surface area contributed by atoms with Gasteiger partial charge in [-0.2, -0.15) is 0 Å². The van der Waals surface area contributed by atoms with Gasteiger partial charge in [0.1, 0.15) is 0 Å². The lowest BCUT2D eigenvalue weighted by Crippen LogP contribution is -1.97. The molecule has 1 aromatic heterocycles. The first-order valence-corrected chi connectivity index (χ1v) is 5.21. The van der Waals surface area contributed by atoms with Crippen LogP contribution in [0.15, 0.2) is 22.7 Å². The topological polar surface area (TPSA) is 52.0 Å². The third-order valence-electron chi connectivity index (χ3n) is 2.53. The van der Waals surface area contributed by atoms with Gasteiger partial charge >= 0.3 is 0 Å². The molecule has 1 heterocycles. The molecule has 0 saturated carbocycles. The van der Waals surface area contributed by atoms with Gasteiger partial charge in [0.25, 0.3) is 0 Å². The highest BCUT2D eigenvalue weighted by Gasteiger charge is 2.22. The van der Waals surface area contributed by atoms with Gasteiger partial charge < -0.3 is 10.3 Å². The Bertz CT molecular complexity index is 549. The van der Waals surface area contributed by atoms with Crippen molar-refractivity contribution in [1.29, 1.82) is 0 Å². The predicted molar refractivity (Wildman–Crippen MR) is 60.4 cm³/mol. The molecule has 0 aliphatic rings. The number of nitrogens with two attached hydrogens (primary N) is 1. The average Bonchev–Trinajstić information content (AvgIpc) is 2.64. The Hall–Kier alpha value is -1.91. The van der Waals surface area contributed by atoms with E-state index in [-0.39, 0.29) is 23.1 Å². The minimum absolute atomic E-state index is 0.0129. The summed E-state index contributed by atoms with van der Waals surface area (Å²) in [6.45, 7) is 3.76. The Morgan fingerprint density at radius 3 is 2.65 bits per heavy atom. The smallest absolute Gasteiger partial charge is 0.175 e. The molecule has 0 bridgehead atoms. The summed E-state index contributed by atoms with van der Waals surface area (Å²) in [6.07, 6.45) is 0. The first-order chi connectivity index (χ1) is 8.02. The molecule has 0 amide bonds. The van der Waals surface area contributed by atoms with Crippen LogP contribution in [0.3, 0.4) is 0 Å². The molecule has 0 fully saturated rings. The monoisotopic (exact) mass is 238 g/mol. The van der Waals surface area contributed by atoms with Crippen LogP contribution < -0.4 is 5.73 Å². The summed E-state index contributed by atoms with van der Waals surface area (Å²) in [4.78, 5) is 0. The quantitative estimate of drug-likeness (QED) is 0.873. The minimum atomic E-state index is -0.953. The zero-order chi connectivity index (χ0) is 12.6. The highest BCUT2D eigenvalue weighted by atomic mass is 19.2. The van der Waals surface area contributed by atoms with Gasteiger partial charge in [-0.05, 0) is 18.1 Å². The summed E-state index contributed by atoms with van der Waals surface area (Å²) in [7, 11) is 0. The van der Waals surface area contributed by atoms with Gasteiger partial charge in [0, 0.05) is 5.56 Å². The second kappa shape index (κ2) is 4.16. The largest absolute Gasteiger partial charge is 0.381 e. The van der Waals surface area contributed by atoms with Crippen LogP contribution in [-0.2, 0) is 0 Å². The lowest BCUT2D eigenvalue weighted by molar-refractivity contribution is 0.429. The summed E-state index contributed by atoms with van der Waals surface area (Å²) < 4.78 is 31.8. The molecule has 3 nitrogen and oxygen atoms in total. The molecule has 5 heteroatoms. The van der Waals surface area contributed by atoms with Crippen molar-refractivity contribution in [2.24, 2.45) is 0 Å². The van der Waals surface area contributed by atoms with Crippen molar-refractivity contribution in [2.75, 3.05) is 5.73 Å². The SMILES string of the molecule is CC(C)c1c(N)noc1-c1cccc(F)c1F. The summed E-state index contributed by atoms with van der Waals surface area (Å²) in [6, 6.07) is 3.90. The van der Waals surface area contributed by atoms with E-state index in [0.29, 0.717) is 5.56 Å². The number of benzene rings is 1. The van der Waals surface area contributed by atoms with E-state index in [4.69, 9.17) is 10.3 Å². The third kappa shape index (κ3) is 1.88. The lowest BCUT2D eigenvalue weighted by Gasteiger charge is -2.06. The standard InChI is InChI=1S/C12H12F2N2O/c1-6(2)9-11(17-16-12(9)15)7-4-3-5-8(13)10(7)14/h3-6H,1-2H3,(H2,15,16). The fourth-order valence-electron chi connectivity index (χ4n) is 1.74. The fraction of sp³-hybridized carbons (Fsp3) is 0.250. The van der Waals surface area contributed by atoms with Gasteiger partial charge in [0.2, 0.25) is 0 Å². The first kappa shape index (κ1) is 11.6. The minimum Gasteiger partial charge on any atom is -0.381 e. The number of rotatable bonds is 2. The Balaban J connectivity index is 2.65. The molecule has 90 valence electrons. The van der Waals surface area contributed by atoms with Gasteiger partial charge in [-0.25, -0.2) is 8.78 Å². The van der Waals surface area contributed by atoms with E-state index in [1.54, 1.807) is 0 Å². The molecule has 0 aliphatic heterocycles. The number of hydrogen-bond donors (Lipinski definition) is 1. The molecule has 1 aromatic carbocycles. The molecule has 0 radical (unpaired) electrons. The van der Waals surface area contributed by atoms with E-state index in [9.17, 15) is 8.78 Å². The molecule has 0 spiro atoms. The number of nitrogen functional groups attached to an aromatic ring is 1. The van der Waals surface area contributed by atoms with Crippen molar-refractivity contribution < 1.29 is 13.3 Å². The highest BCUT2D eigenvalue weighted by Crippen LogP contribution is 2.35. The van der Waals surface area contributed by atoms with Gasteiger partial charge in [0.05, 0.1) is 5.56 Å². The van der Waals surface area contributed by atoms with Crippen LogP contribution in [0.4, 0.5) is 14.6 Å². The molecule has 0 atom stereocenters. The zero-order valence-electron chi connectivity index (χ0n) is 9.50. The molecule has 2 rings (SSSR count). The maximum atomic E-state index is 13.6. The van der Waals surface area contributed by atoms with Gasteiger partial charge in [-0.3, -0.25) is 0 Å². The number of anilines is 1. The summed E-state index contributed by atoms with van der Waals surface area (Å²) in [5.41, 5.74) is 6.28. The van der Waals surface area contributed by atoms with Crippen molar-refractivity contribution in [2.45, 2.75) is 19.8 Å². The number of halogens is 2. The van der Waals surface area contributed by atoms with Crippen LogP contribution >= 0.6 is 0 Å². The first-order valence-electron chi connectivity index (χ1n) is 5.21. The average molecular weight is 238 g/mol. The van der Waals surface area contributed by atoms with Crippen molar-refractivity contribution >= 4 is 5.82 Å². The van der Waals surface area contributed by atoms with Crippen LogP contribution in [0.2, 0.25) is 0 Å². The van der Waals surface area contributed by atoms with E-state index < -0.39 is 11.6 Å². The Morgan fingerprint density at radius 2 is 2.00 bits per heavy atom. The molecule has 0 saturated heterocycles. The predicted octanol–water partition coefficient (Wildman–Crippen LogP) is 3.33. The molecule has 0 aliphatic carbocycles. The van der Waals surface area contributed by atoms with Crippen LogP contribution in [-0.4, -0.2) is 5.16 Å². The molecule has 2 aromatic rings. The fourth-order valence-corrected chi connectivity index (χ4v) is 1.74. The van der Waals surface area contributed by atoms with Crippen molar-refractivity contribution in [1.82, 2.24) is 5.16 Å². The summed E-state index contributed by atoms with van der Waals surface area (Å²) >= 11 is 0. The van der Waals surface area contributed by atoms with Crippen LogP contribution in [0.5, 0.6) is 0 Å². The second-order valence-corrected chi connectivity index (χ2v) is 4.07. The molecular weight excluding hydrogens is 226 g/mol. The van der Waals surface area contributed by atoms with E-state index in [0.717, 1.165) is 6.07 Å².